The second-order valence-electron chi connectivity index (χ2n) is 6.88. The molecule has 3 rings (SSSR count). The third-order valence-electron chi connectivity index (χ3n) is 4.45. The minimum Gasteiger partial charge on any atom is -0.497 e. The van der Waals surface area contributed by atoms with Gasteiger partial charge in [-0.05, 0) is 61.6 Å². The van der Waals surface area contributed by atoms with E-state index in [1.54, 1.807) is 32.4 Å². The Morgan fingerprint density at radius 2 is 1.66 bits per heavy atom. The number of amides is 1. The molecule has 0 fully saturated rings. The number of ether oxygens (including phenoxy) is 2. The molecule has 6 nitrogen and oxygen atoms in total. The van der Waals surface area contributed by atoms with E-state index in [0.717, 1.165) is 16.3 Å². The van der Waals surface area contributed by atoms with E-state index >= 15 is 0 Å². The van der Waals surface area contributed by atoms with Crippen molar-refractivity contribution in [2.24, 2.45) is 0 Å². The third kappa shape index (κ3) is 6.90. The van der Waals surface area contributed by atoms with Gasteiger partial charge < -0.3 is 25.4 Å². The number of thioether (sulfide) groups is 1. The SMILES string of the molecule is COc1ccc(OC)c(NC(=O)CSc2cccc(NC(=S)Nc3ccc(C)cc3)c2)c1. The van der Waals surface area contributed by atoms with E-state index in [0.29, 0.717) is 22.3 Å². The lowest BCUT2D eigenvalue weighted by atomic mass is 10.2. The lowest BCUT2D eigenvalue weighted by Crippen LogP contribution is -2.19. The lowest BCUT2D eigenvalue weighted by molar-refractivity contribution is -0.113. The molecule has 0 aromatic heterocycles. The summed E-state index contributed by atoms with van der Waals surface area (Å²) in [5.41, 5.74) is 3.52. The monoisotopic (exact) mass is 467 g/mol. The first-order valence-corrected chi connectivity index (χ1v) is 11.3. The molecule has 0 heterocycles. The number of hydrogen-bond acceptors (Lipinski definition) is 5. The predicted octanol–water partition coefficient (Wildman–Crippen LogP) is 5.55. The minimum atomic E-state index is -0.142. The van der Waals surface area contributed by atoms with Crippen molar-refractivity contribution in [2.45, 2.75) is 11.8 Å². The number of carbonyl (C=O) groups excluding carboxylic acids is 1. The Hall–Kier alpha value is -3.23. The van der Waals surface area contributed by atoms with Gasteiger partial charge in [0.25, 0.3) is 0 Å². The Kier molecular flexibility index (Phi) is 8.35. The first-order chi connectivity index (χ1) is 15.5. The zero-order valence-electron chi connectivity index (χ0n) is 18.1. The van der Waals surface area contributed by atoms with Gasteiger partial charge in [-0.2, -0.15) is 0 Å². The maximum Gasteiger partial charge on any atom is 0.234 e. The smallest absolute Gasteiger partial charge is 0.234 e. The summed E-state index contributed by atoms with van der Waals surface area (Å²) in [7, 11) is 3.13. The van der Waals surface area contributed by atoms with Crippen LogP contribution in [0.5, 0.6) is 11.5 Å². The molecule has 0 aliphatic heterocycles. The summed E-state index contributed by atoms with van der Waals surface area (Å²) in [6.45, 7) is 2.04. The highest BCUT2D eigenvalue weighted by atomic mass is 32.2. The van der Waals surface area contributed by atoms with Gasteiger partial charge in [0.2, 0.25) is 5.91 Å². The highest BCUT2D eigenvalue weighted by molar-refractivity contribution is 8.00. The zero-order chi connectivity index (χ0) is 22.9. The van der Waals surface area contributed by atoms with Crippen LogP contribution in [0.3, 0.4) is 0 Å². The second kappa shape index (κ2) is 11.4. The van der Waals surface area contributed by atoms with Gasteiger partial charge in [-0.25, -0.2) is 0 Å². The van der Waals surface area contributed by atoms with Gasteiger partial charge in [0.15, 0.2) is 5.11 Å². The van der Waals surface area contributed by atoms with Crippen LogP contribution in [0.1, 0.15) is 5.56 Å². The highest BCUT2D eigenvalue weighted by Gasteiger charge is 2.10. The van der Waals surface area contributed by atoms with Gasteiger partial charge in [0.1, 0.15) is 11.5 Å². The number of thiocarbonyl (C=S) groups is 1. The molecular weight excluding hydrogens is 442 g/mol. The number of nitrogens with one attached hydrogen (secondary N) is 3. The number of aryl methyl sites for hydroxylation is 1. The van der Waals surface area contributed by atoms with Crippen LogP contribution >= 0.6 is 24.0 Å². The van der Waals surface area contributed by atoms with Crippen molar-refractivity contribution in [2.75, 3.05) is 35.9 Å². The standard InChI is InChI=1S/C24H25N3O3S2/c1-16-7-9-17(10-8-16)25-24(31)26-18-5-4-6-20(13-18)32-15-23(28)27-21-14-19(29-2)11-12-22(21)30-3/h4-14H,15H2,1-3H3,(H,27,28)(H2,25,26,31). The molecule has 0 saturated heterocycles. The average molecular weight is 468 g/mol. The topological polar surface area (TPSA) is 71.6 Å². The van der Waals surface area contributed by atoms with Crippen molar-refractivity contribution >= 4 is 52.1 Å². The number of hydrogen-bond donors (Lipinski definition) is 3. The van der Waals surface area contributed by atoms with Crippen molar-refractivity contribution in [3.8, 4) is 11.5 Å². The molecule has 0 aliphatic carbocycles. The summed E-state index contributed by atoms with van der Waals surface area (Å²) in [6.07, 6.45) is 0. The van der Waals surface area contributed by atoms with Gasteiger partial charge in [0.05, 0.1) is 25.7 Å². The van der Waals surface area contributed by atoms with Crippen LogP contribution in [0.15, 0.2) is 71.6 Å². The van der Waals surface area contributed by atoms with Crippen LogP contribution in [0, 0.1) is 6.92 Å². The number of anilines is 3. The summed E-state index contributed by atoms with van der Waals surface area (Å²) in [5.74, 6) is 1.32. The van der Waals surface area contributed by atoms with Gasteiger partial charge in [-0.1, -0.05) is 23.8 Å². The fourth-order valence-corrected chi connectivity index (χ4v) is 3.83. The second-order valence-corrected chi connectivity index (χ2v) is 8.33. The molecule has 3 aromatic carbocycles. The van der Waals surface area contributed by atoms with Gasteiger partial charge in [0, 0.05) is 22.3 Å². The molecule has 32 heavy (non-hydrogen) atoms. The number of benzene rings is 3. The van der Waals surface area contributed by atoms with Gasteiger partial charge in [-0.15, -0.1) is 11.8 Å². The Labute approximate surface area is 197 Å². The average Bonchev–Trinajstić information content (AvgIpc) is 2.79. The van der Waals surface area contributed by atoms with Gasteiger partial charge in [-0.3, -0.25) is 4.79 Å². The molecule has 0 spiro atoms. The molecule has 0 saturated carbocycles. The molecule has 3 aromatic rings. The Bertz CT molecular complexity index is 1090. The van der Waals surface area contributed by atoms with Crippen molar-refractivity contribution < 1.29 is 14.3 Å². The Balaban J connectivity index is 1.55. The van der Waals surface area contributed by atoms with Gasteiger partial charge >= 0.3 is 0 Å². The van der Waals surface area contributed by atoms with E-state index in [1.807, 2.05) is 55.5 Å². The highest BCUT2D eigenvalue weighted by Crippen LogP contribution is 2.29. The molecule has 8 heteroatoms. The van der Waals surface area contributed by atoms with Crippen LogP contribution in [-0.4, -0.2) is 31.0 Å². The quantitative estimate of drug-likeness (QED) is 0.296. The van der Waals surface area contributed by atoms with Crippen LogP contribution in [0.4, 0.5) is 17.1 Å². The summed E-state index contributed by atoms with van der Waals surface area (Å²) >= 11 is 6.83. The normalized spacial score (nSPS) is 10.2. The van der Waals surface area contributed by atoms with Crippen LogP contribution < -0.4 is 25.4 Å². The predicted molar refractivity (Wildman–Crippen MR) is 136 cm³/mol. The first-order valence-electron chi connectivity index (χ1n) is 9.86. The first kappa shape index (κ1) is 23.4. The maximum atomic E-state index is 12.5. The van der Waals surface area contributed by atoms with Crippen molar-refractivity contribution in [1.29, 1.82) is 0 Å². The maximum absolute atomic E-state index is 12.5. The zero-order valence-corrected chi connectivity index (χ0v) is 19.7. The molecule has 0 unspecified atom stereocenters. The van der Waals surface area contributed by atoms with Crippen LogP contribution in [0.25, 0.3) is 0 Å². The molecular formula is C24H25N3O3S2. The molecule has 0 atom stereocenters. The summed E-state index contributed by atoms with van der Waals surface area (Å²) in [4.78, 5) is 13.4. The Morgan fingerprint density at radius 1 is 0.906 bits per heavy atom. The molecule has 0 aliphatic rings. The van der Waals surface area contributed by atoms with E-state index in [9.17, 15) is 4.79 Å². The number of carbonyl (C=O) groups is 1. The van der Waals surface area contributed by atoms with E-state index in [4.69, 9.17) is 21.7 Å². The summed E-state index contributed by atoms with van der Waals surface area (Å²) in [6, 6.07) is 21.0. The molecule has 1 amide bonds. The van der Waals surface area contributed by atoms with E-state index < -0.39 is 0 Å². The largest absolute Gasteiger partial charge is 0.497 e. The molecule has 3 N–H and O–H groups in total. The van der Waals surface area contributed by atoms with Crippen molar-refractivity contribution in [3.63, 3.8) is 0 Å². The molecule has 166 valence electrons. The fraction of sp³-hybridized carbons (Fsp3) is 0.167. The third-order valence-corrected chi connectivity index (χ3v) is 5.65. The summed E-state index contributed by atoms with van der Waals surface area (Å²) in [5, 5.41) is 9.71. The lowest BCUT2D eigenvalue weighted by Gasteiger charge is -2.13. The summed E-state index contributed by atoms with van der Waals surface area (Å²) < 4.78 is 10.5. The van der Waals surface area contributed by atoms with Crippen molar-refractivity contribution in [1.82, 2.24) is 0 Å². The number of methoxy groups -OCH3 is 2. The van der Waals surface area contributed by atoms with E-state index in [2.05, 4.69) is 16.0 Å². The van der Waals surface area contributed by atoms with Crippen molar-refractivity contribution in [3.05, 3.63) is 72.3 Å². The van der Waals surface area contributed by atoms with Crippen LogP contribution in [0.2, 0.25) is 0 Å². The fourth-order valence-electron chi connectivity index (χ4n) is 2.84. The number of rotatable bonds is 8. The van der Waals surface area contributed by atoms with E-state index in [1.165, 1.54) is 17.3 Å². The Morgan fingerprint density at radius 3 is 2.38 bits per heavy atom. The molecule has 0 bridgehead atoms. The molecule has 0 radical (unpaired) electrons. The van der Waals surface area contributed by atoms with E-state index in [-0.39, 0.29) is 11.7 Å². The van der Waals surface area contributed by atoms with Crippen LogP contribution in [-0.2, 0) is 4.79 Å². The minimum absolute atomic E-state index is 0.142.